The Labute approximate surface area is 184 Å². The summed E-state index contributed by atoms with van der Waals surface area (Å²) in [6, 6.07) is 4.75. The van der Waals surface area contributed by atoms with E-state index in [0.717, 1.165) is 37.8 Å². The second-order valence-corrected chi connectivity index (χ2v) is 10.4. The monoisotopic (exact) mass is 453 g/mol. The maximum atomic E-state index is 13.2. The normalized spacial score (nSPS) is 22.8. The van der Waals surface area contributed by atoms with Crippen molar-refractivity contribution in [1.29, 1.82) is 0 Å². The van der Waals surface area contributed by atoms with Crippen LogP contribution in [0.4, 0.5) is 4.39 Å². The topological polar surface area (TPSA) is 86.8 Å². The van der Waals surface area contributed by atoms with E-state index in [1.54, 1.807) is 4.90 Å². The fourth-order valence-electron chi connectivity index (χ4n) is 4.30. The molecule has 0 spiro atoms. The highest BCUT2D eigenvalue weighted by molar-refractivity contribution is 7.89. The summed E-state index contributed by atoms with van der Waals surface area (Å²) in [5.41, 5.74) is 0. The van der Waals surface area contributed by atoms with Gasteiger partial charge in [-0.25, -0.2) is 12.8 Å². The Hall–Kier alpha value is -2.00. The third kappa shape index (κ3) is 5.83. The molecule has 1 aromatic rings. The van der Waals surface area contributed by atoms with E-state index < -0.39 is 21.8 Å². The van der Waals surface area contributed by atoms with Crippen LogP contribution in [-0.2, 0) is 19.6 Å². The van der Waals surface area contributed by atoms with Crippen molar-refractivity contribution in [3.63, 3.8) is 0 Å². The number of carbonyl (C=O) groups is 2. The predicted molar refractivity (Wildman–Crippen MR) is 115 cm³/mol. The van der Waals surface area contributed by atoms with Gasteiger partial charge < -0.3 is 10.2 Å². The lowest BCUT2D eigenvalue weighted by Crippen LogP contribution is -2.51. The van der Waals surface area contributed by atoms with Gasteiger partial charge in [-0.1, -0.05) is 13.3 Å². The van der Waals surface area contributed by atoms with Crippen molar-refractivity contribution in [2.45, 2.75) is 50.3 Å². The minimum absolute atomic E-state index is 0.00453. The van der Waals surface area contributed by atoms with E-state index in [4.69, 9.17) is 0 Å². The number of hydrogen-bond acceptors (Lipinski definition) is 4. The second kappa shape index (κ2) is 10.5. The largest absolute Gasteiger partial charge is 0.356 e. The van der Waals surface area contributed by atoms with Crippen molar-refractivity contribution in [2.75, 3.05) is 32.7 Å². The lowest BCUT2D eigenvalue weighted by atomic mass is 9.93. The van der Waals surface area contributed by atoms with Crippen LogP contribution in [0.3, 0.4) is 0 Å². The summed E-state index contributed by atoms with van der Waals surface area (Å²) >= 11 is 0. The molecule has 0 radical (unpaired) electrons. The molecule has 1 N–H and O–H groups in total. The maximum Gasteiger partial charge on any atom is 0.243 e. The maximum absolute atomic E-state index is 13.2. The van der Waals surface area contributed by atoms with Gasteiger partial charge in [0.05, 0.1) is 16.7 Å². The number of benzene rings is 1. The summed E-state index contributed by atoms with van der Waals surface area (Å²) in [6.45, 7) is 4.15. The van der Waals surface area contributed by atoms with Crippen molar-refractivity contribution in [3.8, 4) is 0 Å². The fourth-order valence-corrected chi connectivity index (χ4v) is 5.82. The number of unbranched alkanes of at least 4 members (excludes halogenated alkanes) is 1. The summed E-state index contributed by atoms with van der Waals surface area (Å²) in [4.78, 5) is 27.3. The summed E-state index contributed by atoms with van der Waals surface area (Å²) in [6.07, 6.45) is 4.68. The van der Waals surface area contributed by atoms with E-state index >= 15 is 0 Å². The highest BCUT2D eigenvalue weighted by Crippen LogP contribution is 2.27. The standard InChI is InChI=1S/C22H32FN3O4S/c1-2-3-12-24-21(27)17-6-4-13-25(15-17)22(28)18-7-5-14-26(16-18)31(29,30)20-10-8-19(23)9-11-20/h8-11,17-18H,2-7,12-16H2,1H3,(H,24,27). The number of rotatable bonds is 7. The number of likely N-dealkylation sites (tertiary alicyclic amines) is 1. The average Bonchev–Trinajstić information content (AvgIpc) is 2.79. The molecular formula is C22H32FN3O4S. The van der Waals surface area contributed by atoms with Crippen molar-refractivity contribution in [2.24, 2.45) is 11.8 Å². The molecule has 172 valence electrons. The highest BCUT2D eigenvalue weighted by atomic mass is 32.2. The molecule has 2 fully saturated rings. The van der Waals surface area contributed by atoms with Crippen molar-refractivity contribution in [3.05, 3.63) is 30.1 Å². The number of hydrogen-bond donors (Lipinski definition) is 1. The van der Waals surface area contributed by atoms with E-state index in [2.05, 4.69) is 12.2 Å². The molecule has 0 bridgehead atoms. The lowest BCUT2D eigenvalue weighted by Gasteiger charge is -2.37. The Morgan fingerprint density at radius 3 is 2.45 bits per heavy atom. The van der Waals surface area contributed by atoms with Crippen LogP contribution in [0.25, 0.3) is 0 Å². The van der Waals surface area contributed by atoms with Gasteiger partial charge in [-0.2, -0.15) is 4.31 Å². The van der Waals surface area contributed by atoms with Gasteiger partial charge in [-0.3, -0.25) is 9.59 Å². The van der Waals surface area contributed by atoms with Crippen LogP contribution in [0, 0.1) is 17.7 Å². The van der Waals surface area contributed by atoms with Gasteiger partial charge in [0.1, 0.15) is 5.82 Å². The predicted octanol–water partition coefficient (Wildman–Crippen LogP) is 2.38. The zero-order valence-electron chi connectivity index (χ0n) is 18.1. The Morgan fingerprint density at radius 2 is 1.74 bits per heavy atom. The van der Waals surface area contributed by atoms with Crippen molar-refractivity contribution < 1.29 is 22.4 Å². The van der Waals surface area contributed by atoms with Gasteiger partial charge >= 0.3 is 0 Å². The Morgan fingerprint density at radius 1 is 1.06 bits per heavy atom. The number of nitrogens with one attached hydrogen (secondary N) is 1. The van der Waals surface area contributed by atoms with E-state index in [9.17, 15) is 22.4 Å². The van der Waals surface area contributed by atoms with Crippen LogP contribution in [0.15, 0.2) is 29.2 Å². The zero-order valence-corrected chi connectivity index (χ0v) is 18.9. The number of piperidine rings is 2. The lowest BCUT2D eigenvalue weighted by molar-refractivity contribution is -0.140. The SMILES string of the molecule is CCCCNC(=O)C1CCCN(C(=O)C2CCCN(S(=O)(=O)c3ccc(F)cc3)C2)C1. The van der Waals surface area contributed by atoms with Crippen LogP contribution in [0.5, 0.6) is 0 Å². The van der Waals surface area contributed by atoms with E-state index in [1.807, 2.05) is 0 Å². The summed E-state index contributed by atoms with van der Waals surface area (Å²) < 4.78 is 40.4. The molecule has 1 aromatic carbocycles. The molecule has 0 aromatic heterocycles. The average molecular weight is 454 g/mol. The van der Waals surface area contributed by atoms with Gasteiger partial charge in [-0.15, -0.1) is 0 Å². The zero-order chi connectivity index (χ0) is 22.4. The molecule has 9 heteroatoms. The molecule has 2 saturated heterocycles. The van der Waals surface area contributed by atoms with Crippen LogP contribution in [-0.4, -0.2) is 62.2 Å². The van der Waals surface area contributed by atoms with Crippen molar-refractivity contribution in [1.82, 2.24) is 14.5 Å². The molecule has 3 rings (SSSR count). The first kappa shape index (κ1) is 23.7. The summed E-state index contributed by atoms with van der Waals surface area (Å²) in [5, 5.41) is 2.95. The number of amides is 2. The summed E-state index contributed by atoms with van der Waals surface area (Å²) in [5.74, 6) is -1.22. The van der Waals surface area contributed by atoms with Crippen molar-refractivity contribution >= 4 is 21.8 Å². The van der Waals surface area contributed by atoms with Gasteiger partial charge in [0.2, 0.25) is 21.8 Å². The molecule has 2 aliphatic heterocycles. The minimum Gasteiger partial charge on any atom is -0.356 e. The molecular weight excluding hydrogens is 421 g/mol. The molecule has 7 nitrogen and oxygen atoms in total. The molecule has 0 aliphatic carbocycles. The first-order valence-electron chi connectivity index (χ1n) is 11.1. The Bertz CT molecular complexity index is 875. The molecule has 2 heterocycles. The molecule has 2 amide bonds. The number of nitrogens with zero attached hydrogens (tertiary/aromatic N) is 2. The molecule has 2 aliphatic rings. The third-order valence-electron chi connectivity index (χ3n) is 6.12. The smallest absolute Gasteiger partial charge is 0.243 e. The second-order valence-electron chi connectivity index (χ2n) is 8.42. The Balaban J connectivity index is 1.62. The quantitative estimate of drug-likeness (QED) is 0.643. The van der Waals surface area contributed by atoms with Gasteiger partial charge in [-0.05, 0) is 56.4 Å². The number of halogens is 1. The highest BCUT2D eigenvalue weighted by Gasteiger charge is 2.37. The van der Waals surface area contributed by atoms with Crippen LogP contribution < -0.4 is 5.32 Å². The minimum atomic E-state index is -3.78. The van der Waals surface area contributed by atoms with Crippen LogP contribution in [0.1, 0.15) is 45.4 Å². The summed E-state index contributed by atoms with van der Waals surface area (Å²) in [7, 11) is -3.78. The van der Waals surface area contributed by atoms with E-state index in [1.165, 1.54) is 16.4 Å². The first-order valence-corrected chi connectivity index (χ1v) is 12.6. The first-order chi connectivity index (χ1) is 14.8. The third-order valence-corrected chi connectivity index (χ3v) is 8.00. The van der Waals surface area contributed by atoms with E-state index in [0.29, 0.717) is 39.0 Å². The Kier molecular flexibility index (Phi) is 8.05. The van der Waals surface area contributed by atoms with Crippen LogP contribution >= 0.6 is 0 Å². The molecule has 31 heavy (non-hydrogen) atoms. The van der Waals surface area contributed by atoms with Gasteiger partial charge in [0.25, 0.3) is 0 Å². The molecule has 0 saturated carbocycles. The number of sulfonamides is 1. The van der Waals surface area contributed by atoms with E-state index in [-0.39, 0.29) is 29.2 Å². The fraction of sp³-hybridized carbons (Fsp3) is 0.636. The molecule has 2 atom stereocenters. The molecule has 2 unspecified atom stereocenters. The van der Waals surface area contributed by atoms with Crippen LogP contribution in [0.2, 0.25) is 0 Å². The number of carbonyl (C=O) groups excluding carboxylic acids is 2. The van der Waals surface area contributed by atoms with Gasteiger partial charge in [0, 0.05) is 32.7 Å². The van der Waals surface area contributed by atoms with Gasteiger partial charge in [0.15, 0.2) is 0 Å².